The van der Waals surface area contributed by atoms with Crippen molar-refractivity contribution in [3.05, 3.63) is 54.3 Å². The highest BCUT2D eigenvalue weighted by Gasteiger charge is 2.24. The van der Waals surface area contributed by atoms with E-state index in [1.165, 1.54) is 6.07 Å². The Balaban J connectivity index is 1.62. The van der Waals surface area contributed by atoms with Crippen molar-refractivity contribution < 1.29 is 12.8 Å². The summed E-state index contributed by atoms with van der Waals surface area (Å²) in [5.41, 5.74) is 1.74. The quantitative estimate of drug-likeness (QED) is 0.533. The van der Waals surface area contributed by atoms with Gasteiger partial charge in [-0.2, -0.15) is 8.75 Å². The van der Waals surface area contributed by atoms with E-state index < -0.39 is 10.0 Å². The van der Waals surface area contributed by atoms with E-state index in [0.717, 1.165) is 22.7 Å². The fourth-order valence-corrected chi connectivity index (χ4v) is 4.77. The third-order valence-corrected chi connectivity index (χ3v) is 6.40. The summed E-state index contributed by atoms with van der Waals surface area (Å²) in [7, 11) is 0.0347. The van der Waals surface area contributed by atoms with Crippen molar-refractivity contribution in [2.24, 2.45) is 0 Å². The van der Waals surface area contributed by atoms with Gasteiger partial charge >= 0.3 is 0 Å². The normalized spacial score (nSPS) is 13.6. The number of benzene rings is 2. The van der Waals surface area contributed by atoms with E-state index in [2.05, 4.69) is 13.5 Å². The molecule has 0 bridgehead atoms. The molecular weight excluding hydrogens is 384 g/mol. The molecule has 0 aliphatic rings. The summed E-state index contributed by atoms with van der Waals surface area (Å²) in [6, 6.07) is 14.4. The van der Waals surface area contributed by atoms with Gasteiger partial charge in [-0.15, -0.1) is 0 Å². The Hall–Kier alpha value is -2.33. The summed E-state index contributed by atoms with van der Waals surface area (Å²) in [5.74, 6) is 0.706. The van der Waals surface area contributed by atoms with Gasteiger partial charge in [0.05, 0.1) is 17.8 Å². The Morgan fingerprint density at radius 3 is 2.74 bits per heavy atom. The van der Waals surface area contributed by atoms with Crippen LogP contribution in [-0.2, 0) is 10.0 Å². The molecule has 1 atom stereocenters. The van der Waals surface area contributed by atoms with Gasteiger partial charge in [-0.25, -0.2) is 13.1 Å². The maximum absolute atomic E-state index is 12.9. The largest absolute Gasteiger partial charge is 0.459 e. The van der Waals surface area contributed by atoms with Gasteiger partial charge in [0.15, 0.2) is 0 Å². The lowest BCUT2D eigenvalue weighted by atomic mass is 10.2. The molecule has 0 radical (unpaired) electrons. The first kappa shape index (κ1) is 18.1. The van der Waals surface area contributed by atoms with Gasteiger partial charge in [0.25, 0.3) is 0 Å². The number of nitrogens with one attached hydrogen (secondary N) is 1. The third kappa shape index (κ3) is 3.46. The zero-order valence-corrected chi connectivity index (χ0v) is 16.4. The molecule has 0 aliphatic heterocycles. The topological polar surface area (TPSA) is 88.3 Å². The van der Waals surface area contributed by atoms with Crippen molar-refractivity contribution in [2.75, 3.05) is 20.6 Å². The van der Waals surface area contributed by atoms with Crippen LogP contribution in [0.15, 0.2) is 57.8 Å². The minimum Gasteiger partial charge on any atom is -0.459 e. The van der Waals surface area contributed by atoms with E-state index in [4.69, 9.17) is 4.42 Å². The Bertz CT molecular complexity index is 1160. The highest BCUT2D eigenvalue weighted by atomic mass is 32.2. The molecule has 0 saturated heterocycles. The van der Waals surface area contributed by atoms with Crippen LogP contribution in [0.4, 0.5) is 0 Å². The Morgan fingerprint density at radius 1 is 1.15 bits per heavy atom. The van der Waals surface area contributed by atoms with Crippen LogP contribution in [0.2, 0.25) is 0 Å². The molecule has 2 aromatic heterocycles. The molecule has 0 amide bonds. The second kappa shape index (κ2) is 7.01. The predicted octanol–water partition coefficient (Wildman–Crippen LogP) is 3.02. The van der Waals surface area contributed by atoms with E-state index in [1.807, 2.05) is 49.3 Å². The number of sulfonamides is 1. The van der Waals surface area contributed by atoms with Gasteiger partial charge in [0, 0.05) is 11.9 Å². The minimum atomic E-state index is -3.74. The summed E-state index contributed by atoms with van der Waals surface area (Å²) in [5, 5.41) is 0.987. The number of hydrogen-bond donors (Lipinski definition) is 1. The Labute approximate surface area is 161 Å². The molecule has 0 spiro atoms. The number of likely N-dealkylation sites (N-methyl/N-ethyl adjacent to an activating group) is 1. The molecule has 140 valence electrons. The van der Waals surface area contributed by atoms with Crippen LogP contribution in [0.25, 0.3) is 22.0 Å². The van der Waals surface area contributed by atoms with Gasteiger partial charge in [-0.1, -0.05) is 24.3 Å². The predicted molar refractivity (Wildman–Crippen MR) is 105 cm³/mol. The van der Waals surface area contributed by atoms with E-state index in [9.17, 15) is 8.42 Å². The van der Waals surface area contributed by atoms with Gasteiger partial charge < -0.3 is 4.42 Å². The molecule has 9 heteroatoms. The fourth-order valence-electron chi connectivity index (χ4n) is 2.97. The van der Waals surface area contributed by atoms with E-state index in [0.29, 0.717) is 16.8 Å². The first-order valence-corrected chi connectivity index (χ1v) is 10.5. The molecule has 0 unspecified atom stereocenters. The molecule has 1 N–H and O–H groups in total. The van der Waals surface area contributed by atoms with Crippen LogP contribution in [0, 0.1) is 0 Å². The van der Waals surface area contributed by atoms with Crippen LogP contribution in [0.3, 0.4) is 0 Å². The van der Waals surface area contributed by atoms with Crippen LogP contribution < -0.4 is 4.72 Å². The smallest absolute Gasteiger partial charge is 0.242 e. The van der Waals surface area contributed by atoms with Gasteiger partial charge in [-0.05, 0) is 38.4 Å². The minimum absolute atomic E-state index is 0.135. The lowest BCUT2D eigenvalue weighted by molar-refractivity contribution is 0.264. The second-order valence-electron chi connectivity index (χ2n) is 6.41. The maximum atomic E-state index is 12.9. The number of hydrogen-bond acceptors (Lipinski definition) is 7. The standard InChI is InChI=1S/C18H18N4O3S2/c1-22(2)14(16-10-12-6-3-4-8-15(12)25-16)11-19-27(23,24)17-9-5-7-13-18(17)21-26-20-13/h3-10,14,19H,11H2,1-2H3/t14-/m0/s1. The van der Waals surface area contributed by atoms with E-state index in [-0.39, 0.29) is 17.5 Å². The highest BCUT2D eigenvalue weighted by molar-refractivity contribution is 7.89. The SMILES string of the molecule is CN(C)[C@@H](CNS(=O)(=O)c1cccc2nsnc12)c1cc2ccccc2o1. The molecule has 0 saturated carbocycles. The third-order valence-electron chi connectivity index (χ3n) is 4.40. The van der Waals surface area contributed by atoms with Crippen LogP contribution >= 0.6 is 11.7 Å². The average Bonchev–Trinajstić information content (AvgIpc) is 3.27. The molecule has 2 aromatic carbocycles. The van der Waals surface area contributed by atoms with Crippen molar-refractivity contribution in [3.8, 4) is 0 Å². The number of aromatic nitrogens is 2. The van der Waals surface area contributed by atoms with E-state index >= 15 is 0 Å². The van der Waals surface area contributed by atoms with Gasteiger partial charge in [0.2, 0.25) is 10.0 Å². The number of para-hydroxylation sites is 1. The van der Waals surface area contributed by atoms with Crippen LogP contribution in [0.1, 0.15) is 11.8 Å². The van der Waals surface area contributed by atoms with Crippen molar-refractivity contribution >= 4 is 43.8 Å². The maximum Gasteiger partial charge on any atom is 0.242 e. The zero-order valence-electron chi connectivity index (χ0n) is 14.8. The van der Waals surface area contributed by atoms with Crippen molar-refractivity contribution in [3.63, 3.8) is 0 Å². The summed E-state index contributed by atoms with van der Waals surface area (Å²) in [4.78, 5) is 2.06. The molecule has 4 aromatic rings. The molecule has 27 heavy (non-hydrogen) atoms. The van der Waals surface area contributed by atoms with Gasteiger partial charge in [-0.3, -0.25) is 4.90 Å². The van der Waals surface area contributed by atoms with Crippen LogP contribution in [-0.4, -0.2) is 42.7 Å². The average molecular weight is 403 g/mol. The fraction of sp³-hybridized carbons (Fsp3) is 0.222. The van der Waals surface area contributed by atoms with Gasteiger partial charge in [0.1, 0.15) is 27.3 Å². The number of furan rings is 1. The second-order valence-corrected chi connectivity index (χ2v) is 8.67. The Kier molecular flexibility index (Phi) is 4.68. The lowest BCUT2D eigenvalue weighted by Crippen LogP contribution is -2.34. The molecular formula is C18H18N4O3S2. The Morgan fingerprint density at radius 2 is 1.96 bits per heavy atom. The molecule has 7 nitrogen and oxygen atoms in total. The lowest BCUT2D eigenvalue weighted by Gasteiger charge is -2.22. The molecule has 4 rings (SSSR count). The molecule has 0 aliphatic carbocycles. The zero-order chi connectivity index (χ0) is 19.0. The summed E-state index contributed by atoms with van der Waals surface area (Å²) in [6.45, 7) is 0.170. The molecule has 2 heterocycles. The van der Waals surface area contributed by atoms with E-state index in [1.54, 1.807) is 12.1 Å². The van der Waals surface area contributed by atoms with Crippen molar-refractivity contribution in [2.45, 2.75) is 10.9 Å². The van der Waals surface area contributed by atoms with Crippen LogP contribution in [0.5, 0.6) is 0 Å². The number of rotatable bonds is 6. The first-order valence-electron chi connectivity index (χ1n) is 8.31. The number of nitrogens with zero attached hydrogens (tertiary/aromatic N) is 3. The monoisotopic (exact) mass is 402 g/mol. The first-order chi connectivity index (χ1) is 13.0. The highest BCUT2D eigenvalue weighted by Crippen LogP contribution is 2.27. The summed E-state index contributed by atoms with van der Waals surface area (Å²) < 4.78 is 42.5. The summed E-state index contributed by atoms with van der Waals surface area (Å²) >= 11 is 0.996. The summed E-state index contributed by atoms with van der Waals surface area (Å²) in [6.07, 6.45) is 0. The molecule has 0 fully saturated rings. The number of fused-ring (bicyclic) bond motifs is 2. The van der Waals surface area contributed by atoms with Crippen molar-refractivity contribution in [1.82, 2.24) is 18.4 Å². The van der Waals surface area contributed by atoms with Crippen molar-refractivity contribution in [1.29, 1.82) is 0 Å².